The number of nitrogens with two attached hydrogens (primary N) is 1. The van der Waals surface area contributed by atoms with Crippen LogP contribution in [0.3, 0.4) is 0 Å². The van der Waals surface area contributed by atoms with Crippen molar-refractivity contribution in [2.75, 3.05) is 24.6 Å². The van der Waals surface area contributed by atoms with Crippen molar-refractivity contribution >= 4 is 22.5 Å². The normalized spacial score (nSPS) is 24.9. The van der Waals surface area contributed by atoms with Gasteiger partial charge in [0.05, 0.1) is 13.2 Å². The first-order valence-electron chi connectivity index (χ1n) is 5.78. The second-order valence-corrected chi connectivity index (χ2v) is 5.20. The lowest BCUT2D eigenvalue weighted by Gasteiger charge is -2.31. The van der Waals surface area contributed by atoms with E-state index in [1.807, 2.05) is 0 Å². The summed E-state index contributed by atoms with van der Waals surface area (Å²) >= 11 is 1.44. The van der Waals surface area contributed by atoms with Gasteiger partial charge < -0.3 is 15.4 Å². The molecule has 0 spiro atoms. The Hall–Kier alpha value is -1.21. The van der Waals surface area contributed by atoms with Gasteiger partial charge in [0.15, 0.2) is 0 Å². The van der Waals surface area contributed by atoms with Gasteiger partial charge in [-0.1, -0.05) is 0 Å². The topological polar surface area (TPSA) is 88.1 Å². The standard InChI is InChI=1S/C10H15N5OS/c11-8(12)7-5-15(3-4-16-7)10-13-9(14-17-10)6-1-2-6/h6-7H,1-5H2,(H3,11,12). The molecule has 1 saturated carbocycles. The van der Waals surface area contributed by atoms with Crippen LogP contribution >= 0.6 is 11.5 Å². The Balaban J connectivity index is 1.71. The van der Waals surface area contributed by atoms with E-state index in [1.165, 1.54) is 24.4 Å². The second-order valence-electron chi connectivity index (χ2n) is 4.47. The lowest BCUT2D eigenvalue weighted by Crippen LogP contribution is -2.48. The van der Waals surface area contributed by atoms with E-state index in [0.29, 0.717) is 19.1 Å². The summed E-state index contributed by atoms with van der Waals surface area (Å²) in [6, 6.07) is 0. The highest BCUT2D eigenvalue weighted by atomic mass is 32.1. The first kappa shape index (κ1) is 10.9. The van der Waals surface area contributed by atoms with Gasteiger partial charge in [0.1, 0.15) is 17.8 Å². The lowest BCUT2D eigenvalue weighted by atomic mass is 10.2. The number of amidine groups is 1. The van der Waals surface area contributed by atoms with Crippen LogP contribution in [-0.2, 0) is 4.74 Å². The zero-order valence-corrected chi connectivity index (χ0v) is 10.2. The van der Waals surface area contributed by atoms with Crippen LogP contribution in [0.1, 0.15) is 24.6 Å². The molecule has 3 N–H and O–H groups in total. The molecule has 0 radical (unpaired) electrons. The molecule has 1 atom stereocenters. The Morgan fingerprint density at radius 2 is 2.35 bits per heavy atom. The lowest BCUT2D eigenvalue weighted by molar-refractivity contribution is 0.0826. The second kappa shape index (κ2) is 4.23. The molecule has 3 rings (SSSR count). The number of morpholine rings is 1. The summed E-state index contributed by atoms with van der Waals surface area (Å²) in [5, 5.41) is 8.35. The molecule has 2 heterocycles. The maximum atomic E-state index is 7.42. The van der Waals surface area contributed by atoms with Crippen LogP contribution in [-0.4, -0.2) is 41.0 Å². The molecule has 1 aliphatic heterocycles. The molecule has 1 aromatic heterocycles. The summed E-state index contributed by atoms with van der Waals surface area (Å²) in [6.45, 7) is 1.99. The molecule has 7 heteroatoms. The van der Waals surface area contributed by atoms with E-state index in [9.17, 15) is 0 Å². The largest absolute Gasteiger partial charge is 0.385 e. The molecule has 0 bridgehead atoms. The zero-order valence-electron chi connectivity index (χ0n) is 9.43. The first-order chi connectivity index (χ1) is 8.24. The number of hydrogen-bond donors (Lipinski definition) is 2. The van der Waals surface area contributed by atoms with Crippen molar-refractivity contribution in [1.29, 1.82) is 5.41 Å². The van der Waals surface area contributed by atoms with Gasteiger partial charge in [-0.25, -0.2) is 4.98 Å². The fourth-order valence-electron chi connectivity index (χ4n) is 1.87. The van der Waals surface area contributed by atoms with Crippen LogP contribution in [0.2, 0.25) is 0 Å². The molecule has 2 fully saturated rings. The Bertz CT molecular complexity index is 430. The van der Waals surface area contributed by atoms with Crippen molar-refractivity contribution in [3.8, 4) is 0 Å². The van der Waals surface area contributed by atoms with E-state index < -0.39 is 0 Å². The summed E-state index contributed by atoms with van der Waals surface area (Å²) in [4.78, 5) is 6.67. The molecule has 1 aliphatic carbocycles. The Labute approximate surface area is 103 Å². The molecule has 2 aliphatic rings. The van der Waals surface area contributed by atoms with Gasteiger partial charge in [0.25, 0.3) is 0 Å². The van der Waals surface area contributed by atoms with Crippen molar-refractivity contribution in [2.24, 2.45) is 5.73 Å². The molecule has 17 heavy (non-hydrogen) atoms. The predicted octanol–water partition coefficient (Wildman–Crippen LogP) is 0.557. The molecule has 0 aromatic carbocycles. The Morgan fingerprint density at radius 1 is 1.53 bits per heavy atom. The molecule has 1 aromatic rings. The molecule has 6 nitrogen and oxygen atoms in total. The van der Waals surface area contributed by atoms with Crippen molar-refractivity contribution < 1.29 is 4.74 Å². The number of nitrogens with one attached hydrogen (secondary N) is 1. The van der Waals surface area contributed by atoms with Crippen LogP contribution in [0, 0.1) is 5.41 Å². The van der Waals surface area contributed by atoms with Crippen LogP contribution in [0.25, 0.3) is 0 Å². The summed E-state index contributed by atoms with van der Waals surface area (Å²) in [6.07, 6.45) is 2.13. The fourth-order valence-corrected chi connectivity index (χ4v) is 2.65. The minimum atomic E-state index is -0.308. The molecule has 92 valence electrons. The summed E-state index contributed by atoms with van der Waals surface area (Å²) in [7, 11) is 0. The van der Waals surface area contributed by atoms with Crippen LogP contribution < -0.4 is 10.6 Å². The van der Waals surface area contributed by atoms with Gasteiger partial charge in [-0.2, -0.15) is 4.37 Å². The smallest absolute Gasteiger partial charge is 0.205 e. The van der Waals surface area contributed by atoms with Crippen molar-refractivity contribution in [3.05, 3.63) is 5.82 Å². The van der Waals surface area contributed by atoms with Gasteiger partial charge in [0, 0.05) is 24.0 Å². The monoisotopic (exact) mass is 253 g/mol. The van der Waals surface area contributed by atoms with Gasteiger partial charge >= 0.3 is 0 Å². The van der Waals surface area contributed by atoms with Crippen LogP contribution in [0.15, 0.2) is 0 Å². The summed E-state index contributed by atoms with van der Waals surface area (Å²) in [5.74, 6) is 1.65. The van der Waals surface area contributed by atoms with Crippen LogP contribution in [0.5, 0.6) is 0 Å². The maximum Gasteiger partial charge on any atom is 0.205 e. The molecule has 0 amide bonds. The predicted molar refractivity (Wildman–Crippen MR) is 65.8 cm³/mol. The van der Waals surface area contributed by atoms with Gasteiger partial charge in [-0.3, -0.25) is 5.41 Å². The first-order valence-corrected chi connectivity index (χ1v) is 6.55. The minimum absolute atomic E-state index is 0.0848. The van der Waals surface area contributed by atoms with Gasteiger partial charge in [-0.05, 0) is 12.8 Å². The van der Waals surface area contributed by atoms with E-state index in [0.717, 1.165) is 17.5 Å². The Morgan fingerprint density at radius 3 is 3.06 bits per heavy atom. The third-order valence-corrected chi connectivity index (χ3v) is 3.85. The van der Waals surface area contributed by atoms with Crippen molar-refractivity contribution in [3.63, 3.8) is 0 Å². The van der Waals surface area contributed by atoms with Gasteiger partial charge in [0.2, 0.25) is 5.13 Å². The number of aromatic nitrogens is 2. The average molecular weight is 253 g/mol. The molecular weight excluding hydrogens is 238 g/mol. The molecule has 1 saturated heterocycles. The average Bonchev–Trinajstić information content (AvgIpc) is 3.07. The quantitative estimate of drug-likeness (QED) is 0.607. The van der Waals surface area contributed by atoms with E-state index >= 15 is 0 Å². The Kier molecular flexibility index (Phi) is 2.71. The zero-order chi connectivity index (χ0) is 11.8. The van der Waals surface area contributed by atoms with Crippen LogP contribution in [0.4, 0.5) is 5.13 Å². The number of ether oxygens (including phenoxy) is 1. The molecular formula is C10H15N5OS. The number of anilines is 1. The van der Waals surface area contributed by atoms with E-state index in [2.05, 4.69) is 14.3 Å². The SMILES string of the molecule is N=C(N)C1CN(c2nc(C3CC3)ns2)CCO1. The van der Waals surface area contributed by atoms with Crippen molar-refractivity contribution in [1.82, 2.24) is 9.36 Å². The third kappa shape index (κ3) is 2.25. The molecule has 1 unspecified atom stereocenters. The number of nitrogens with zero attached hydrogens (tertiary/aromatic N) is 3. The highest BCUT2D eigenvalue weighted by Gasteiger charge is 2.30. The fraction of sp³-hybridized carbons (Fsp3) is 0.700. The highest BCUT2D eigenvalue weighted by Crippen LogP contribution is 2.39. The van der Waals surface area contributed by atoms with E-state index in [-0.39, 0.29) is 11.9 Å². The van der Waals surface area contributed by atoms with Gasteiger partial charge in [-0.15, -0.1) is 0 Å². The van der Waals surface area contributed by atoms with E-state index in [4.69, 9.17) is 15.9 Å². The number of hydrogen-bond acceptors (Lipinski definition) is 6. The third-order valence-electron chi connectivity index (χ3n) is 3.06. The maximum absolute atomic E-state index is 7.42. The van der Waals surface area contributed by atoms with E-state index in [1.54, 1.807) is 0 Å². The van der Waals surface area contributed by atoms with Crippen molar-refractivity contribution in [2.45, 2.75) is 24.9 Å². The minimum Gasteiger partial charge on any atom is -0.385 e. The summed E-state index contributed by atoms with van der Waals surface area (Å²) < 4.78 is 9.81. The highest BCUT2D eigenvalue weighted by molar-refractivity contribution is 7.09. The summed E-state index contributed by atoms with van der Waals surface area (Å²) in [5.41, 5.74) is 5.47. The number of rotatable bonds is 3.